The molecular weight excluding hydrogens is 575 g/mol. The number of piperazine rings is 1. The first kappa shape index (κ1) is 29.7. The summed E-state index contributed by atoms with van der Waals surface area (Å²) >= 11 is 0. The quantitative estimate of drug-likeness (QED) is 0.252. The standard InChI is InChI=1S/C30H32F3N9O2/c1-19(30(31,32)33)28-23(16-35-39-28)29-20(9-14-43)3-7-26(36-29)42-18-34-24-15-22(5-6-25(24)42)44-27-8-4-21(37-38-27)17-41-12-10-40(2)11-13-41/h3-8,15-16,18-19,43H,9-14,17H2,1-2H3,(H,35,39)/t19-/m0/s1. The number of halogens is 3. The number of aromatic nitrogens is 7. The number of aliphatic hydroxyl groups excluding tert-OH is 1. The van der Waals surface area contributed by atoms with E-state index in [-0.39, 0.29) is 24.3 Å². The Hall–Kier alpha value is -4.40. The first-order valence-corrected chi connectivity index (χ1v) is 14.3. The number of H-pyrrole nitrogens is 1. The van der Waals surface area contributed by atoms with E-state index < -0.39 is 12.1 Å². The topological polar surface area (TPSA) is 121 Å². The highest BCUT2D eigenvalue weighted by Crippen LogP contribution is 2.38. The van der Waals surface area contributed by atoms with Crippen LogP contribution in [-0.2, 0) is 13.0 Å². The highest BCUT2D eigenvalue weighted by molar-refractivity contribution is 5.79. The van der Waals surface area contributed by atoms with Crippen molar-refractivity contribution in [2.75, 3.05) is 39.8 Å². The average molecular weight is 608 g/mol. The maximum atomic E-state index is 13.6. The Morgan fingerprint density at radius 1 is 1.05 bits per heavy atom. The van der Waals surface area contributed by atoms with Crippen LogP contribution in [0.1, 0.15) is 29.8 Å². The monoisotopic (exact) mass is 607 g/mol. The van der Waals surface area contributed by atoms with Crippen molar-refractivity contribution in [2.24, 2.45) is 0 Å². The number of nitrogens with one attached hydrogen (secondary N) is 1. The Kier molecular flexibility index (Phi) is 8.29. The molecule has 5 heterocycles. The second-order valence-electron chi connectivity index (χ2n) is 10.9. The van der Waals surface area contributed by atoms with Crippen molar-refractivity contribution in [2.45, 2.75) is 32.0 Å². The highest BCUT2D eigenvalue weighted by Gasteiger charge is 2.40. The lowest BCUT2D eigenvalue weighted by atomic mass is 9.98. The molecule has 6 rings (SSSR count). The van der Waals surface area contributed by atoms with Gasteiger partial charge in [0.15, 0.2) is 0 Å². The summed E-state index contributed by atoms with van der Waals surface area (Å²) in [6.45, 7) is 5.67. The molecule has 1 aliphatic rings. The maximum Gasteiger partial charge on any atom is 0.397 e. The number of rotatable bonds is 9. The largest absolute Gasteiger partial charge is 0.437 e. The third-order valence-corrected chi connectivity index (χ3v) is 7.84. The van der Waals surface area contributed by atoms with E-state index in [2.05, 4.69) is 42.2 Å². The van der Waals surface area contributed by atoms with Crippen LogP contribution in [0.3, 0.4) is 0 Å². The van der Waals surface area contributed by atoms with Crippen LogP contribution < -0.4 is 4.74 Å². The summed E-state index contributed by atoms with van der Waals surface area (Å²) in [7, 11) is 2.12. The summed E-state index contributed by atoms with van der Waals surface area (Å²) in [4.78, 5) is 13.9. The van der Waals surface area contributed by atoms with Gasteiger partial charge < -0.3 is 14.7 Å². The van der Waals surface area contributed by atoms with E-state index in [0.29, 0.717) is 34.2 Å². The number of hydrogen-bond donors (Lipinski definition) is 2. The second kappa shape index (κ2) is 12.3. The molecule has 0 spiro atoms. The van der Waals surface area contributed by atoms with Gasteiger partial charge in [-0.1, -0.05) is 6.07 Å². The Balaban J connectivity index is 1.23. The minimum atomic E-state index is -4.47. The molecule has 0 radical (unpaired) electrons. The molecule has 5 aromatic rings. The van der Waals surface area contributed by atoms with Crippen LogP contribution in [-0.4, -0.2) is 95.8 Å². The number of imidazole rings is 1. The third kappa shape index (κ3) is 6.27. The number of aliphatic hydroxyl groups is 1. The van der Waals surface area contributed by atoms with E-state index in [4.69, 9.17) is 9.72 Å². The fourth-order valence-corrected chi connectivity index (χ4v) is 5.22. The summed E-state index contributed by atoms with van der Waals surface area (Å²) in [5, 5.41) is 24.6. The van der Waals surface area contributed by atoms with Crippen molar-refractivity contribution in [3.63, 3.8) is 0 Å². The van der Waals surface area contributed by atoms with Gasteiger partial charge in [-0.05, 0) is 50.2 Å². The lowest BCUT2D eigenvalue weighted by Gasteiger charge is -2.31. The van der Waals surface area contributed by atoms with E-state index in [1.165, 1.54) is 6.20 Å². The molecule has 230 valence electrons. The van der Waals surface area contributed by atoms with Gasteiger partial charge in [0.2, 0.25) is 5.88 Å². The van der Waals surface area contributed by atoms with Gasteiger partial charge in [-0.2, -0.15) is 23.4 Å². The van der Waals surface area contributed by atoms with E-state index in [1.807, 2.05) is 12.1 Å². The van der Waals surface area contributed by atoms with Gasteiger partial charge in [0.25, 0.3) is 0 Å². The molecule has 1 aromatic carbocycles. The molecule has 0 amide bonds. The predicted molar refractivity (Wildman–Crippen MR) is 157 cm³/mol. The van der Waals surface area contributed by atoms with Crippen LogP contribution in [0.4, 0.5) is 13.2 Å². The fourth-order valence-electron chi connectivity index (χ4n) is 5.22. The van der Waals surface area contributed by atoms with E-state index in [0.717, 1.165) is 50.9 Å². The van der Waals surface area contributed by atoms with Gasteiger partial charge in [0.1, 0.15) is 17.9 Å². The minimum Gasteiger partial charge on any atom is -0.437 e. The van der Waals surface area contributed by atoms with Crippen molar-refractivity contribution in [3.05, 3.63) is 71.9 Å². The molecule has 1 aliphatic heterocycles. The lowest BCUT2D eigenvalue weighted by Crippen LogP contribution is -2.44. The Morgan fingerprint density at radius 3 is 2.59 bits per heavy atom. The van der Waals surface area contributed by atoms with Crippen molar-refractivity contribution in [1.29, 1.82) is 0 Å². The zero-order valence-electron chi connectivity index (χ0n) is 24.3. The Labute approximate surface area is 251 Å². The third-order valence-electron chi connectivity index (χ3n) is 7.84. The van der Waals surface area contributed by atoms with Gasteiger partial charge in [-0.3, -0.25) is 14.6 Å². The molecule has 2 N–H and O–H groups in total. The fraction of sp³-hybridized carbons (Fsp3) is 0.367. The number of ether oxygens (including phenoxy) is 1. The molecule has 1 saturated heterocycles. The van der Waals surface area contributed by atoms with Crippen molar-refractivity contribution in [3.8, 4) is 28.7 Å². The molecule has 0 unspecified atom stereocenters. The zero-order valence-corrected chi connectivity index (χ0v) is 24.3. The number of pyridine rings is 1. The minimum absolute atomic E-state index is 0.158. The van der Waals surface area contributed by atoms with Crippen LogP contribution in [0.15, 0.2) is 55.0 Å². The molecule has 11 nitrogen and oxygen atoms in total. The molecular formula is C30H32F3N9O2. The number of hydrogen-bond acceptors (Lipinski definition) is 9. The molecule has 14 heteroatoms. The molecule has 44 heavy (non-hydrogen) atoms. The van der Waals surface area contributed by atoms with Gasteiger partial charge in [0, 0.05) is 63.2 Å². The average Bonchev–Trinajstić information content (AvgIpc) is 3.66. The molecule has 0 bridgehead atoms. The van der Waals surface area contributed by atoms with Crippen LogP contribution in [0.5, 0.6) is 11.6 Å². The Bertz CT molecular complexity index is 1730. The first-order valence-electron chi connectivity index (χ1n) is 14.3. The normalized spacial score (nSPS) is 15.6. The van der Waals surface area contributed by atoms with Crippen LogP contribution >= 0.6 is 0 Å². The van der Waals surface area contributed by atoms with E-state index in [1.54, 1.807) is 41.2 Å². The van der Waals surface area contributed by atoms with Gasteiger partial charge in [0.05, 0.1) is 34.0 Å². The predicted octanol–water partition coefficient (Wildman–Crippen LogP) is 4.34. The van der Waals surface area contributed by atoms with Crippen molar-refractivity contribution < 1.29 is 23.0 Å². The van der Waals surface area contributed by atoms with Crippen molar-refractivity contribution in [1.82, 2.24) is 44.7 Å². The Morgan fingerprint density at radius 2 is 1.86 bits per heavy atom. The van der Waals surface area contributed by atoms with E-state index >= 15 is 0 Å². The number of nitrogens with zero attached hydrogens (tertiary/aromatic N) is 8. The second-order valence-corrected chi connectivity index (χ2v) is 10.9. The molecule has 0 saturated carbocycles. The number of alkyl halides is 3. The molecule has 1 atom stereocenters. The van der Waals surface area contributed by atoms with Gasteiger partial charge >= 0.3 is 6.18 Å². The van der Waals surface area contributed by atoms with Crippen LogP contribution in [0, 0.1) is 0 Å². The summed E-state index contributed by atoms with van der Waals surface area (Å²) in [5.74, 6) is -0.464. The number of aromatic amines is 1. The zero-order chi connectivity index (χ0) is 30.8. The molecule has 4 aromatic heterocycles. The summed E-state index contributed by atoms with van der Waals surface area (Å²) in [6, 6.07) is 12.6. The molecule has 0 aliphatic carbocycles. The number of fused-ring (bicyclic) bond motifs is 1. The lowest BCUT2D eigenvalue weighted by molar-refractivity contribution is -0.147. The van der Waals surface area contributed by atoms with Crippen LogP contribution in [0.25, 0.3) is 28.1 Å². The molecule has 1 fully saturated rings. The number of likely N-dealkylation sites (N-methyl/N-ethyl adjacent to an activating group) is 1. The summed E-state index contributed by atoms with van der Waals surface area (Å²) in [6.07, 6.45) is -1.26. The van der Waals surface area contributed by atoms with Gasteiger partial charge in [-0.25, -0.2) is 9.97 Å². The van der Waals surface area contributed by atoms with Crippen LogP contribution in [0.2, 0.25) is 0 Å². The maximum absolute atomic E-state index is 13.6. The van der Waals surface area contributed by atoms with Crippen molar-refractivity contribution >= 4 is 11.0 Å². The summed E-state index contributed by atoms with van der Waals surface area (Å²) < 4.78 is 48.4. The summed E-state index contributed by atoms with van der Waals surface area (Å²) in [5.41, 5.74) is 3.21. The number of benzene rings is 1. The highest BCUT2D eigenvalue weighted by atomic mass is 19.4. The SMILES string of the molecule is C[C@@H](c1n[nH]cc1-c1nc(-n2cnc3cc(Oc4ccc(CN5CCN(C)CC5)nn4)ccc32)ccc1CCO)C(F)(F)F. The first-order chi connectivity index (χ1) is 21.2. The van der Waals surface area contributed by atoms with E-state index in [9.17, 15) is 18.3 Å². The smallest absolute Gasteiger partial charge is 0.397 e. The van der Waals surface area contributed by atoms with Gasteiger partial charge in [-0.15, -0.1) is 5.10 Å².